The Morgan fingerprint density at radius 1 is 1.20 bits per heavy atom. The molecule has 0 unspecified atom stereocenters. The normalized spacial score (nSPS) is 10.2. The second-order valence-electron chi connectivity index (χ2n) is 4.64. The number of aromatic nitrogens is 2. The highest BCUT2D eigenvalue weighted by Crippen LogP contribution is 2.11. The van der Waals surface area contributed by atoms with Crippen molar-refractivity contribution >= 4 is 11.7 Å². The van der Waals surface area contributed by atoms with Gasteiger partial charge in [-0.25, -0.2) is 0 Å². The molecule has 104 valence electrons. The van der Waals surface area contributed by atoms with E-state index in [4.69, 9.17) is 0 Å². The van der Waals surface area contributed by atoms with Gasteiger partial charge in [0.2, 0.25) is 0 Å². The SMILES string of the molecule is CNc1ccc(C(=O)N(C)Cc2ccccc2C)nn1. The molecule has 0 aliphatic carbocycles. The molecule has 0 radical (unpaired) electrons. The summed E-state index contributed by atoms with van der Waals surface area (Å²) in [5.41, 5.74) is 2.65. The fraction of sp³-hybridized carbons (Fsp3) is 0.267. The third-order valence-electron chi connectivity index (χ3n) is 3.16. The molecule has 5 heteroatoms. The number of carbonyl (C=O) groups excluding carboxylic acids is 1. The first-order chi connectivity index (χ1) is 9.61. The number of hydrogen-bond acceptors (Lipinski definition) is 4. The number of nitrogens with zero attached hydrogens (tertiary/aromatic N) is 3. The van der Waals surface area contributed by atoms with Crippen LogP contribution in [0.4, 0.5) is 5.82 Å². The molecule has 1 heterocycles. The van der Waals surface area contributed by atoms with Gasteiger partial charge in [0.15, 0.2) is 5.69 Å². The van der Waals surface area contributed by atoms with E-state index in [1.807, 2.05) is 31.2 Å². The van der Waals surface area contributed by atoms with Crippen molar-refractivity contribution in [2.75, 3.05) is 19.4 Å². The van der Waals surface area contributed by atoms with Crippen LogP contribution < -0.4 is 5.32 Å². The van der Waals surface area contributed by atoms with Crippen LogP contribution in [0.3, 0.4) is 0 Å². The molecule has 1 aromatic carbocycles. The Bertz CT molecular complexity index is 595. The van der Waals surface area contributed by atoms with Crippen molar-refractivity contribution in [3.63, 3.8) is 0 Å². The van der Waals surface area contributed by atoms with Crippen molar-refractivity contribution in [2.24, 2.45) is 0 Å². The van der Waals surface area contributed by atoms with E-state index in [2.05, 4.69) is 15.5 Å². The minimum Gasteiger partial charge on any atom is -0.372 e. The third-order valence-corrected chi connectivity index (χ3v) is 3.16. The van der Waals surface area contributed by atoms with Crippen molar-refractivity contribution in [1.29, 1.82) is 0 Å². The molecule has 0 bridgehead atoms. The van der Waals surface area contributed by atoms with Crippen LogP contribution in [0.1, 0.15) is 21.6 Å². The molecular weight excluding hydrogens is 252 g/mol. The summed E-state index contributed by atoms with van der Waals surface area (Å²) in [7, 11) is 3.53. The predicted octanol–water partition coefficient (Wildman–Crippen LogP) is 2.10. The van der Waals surface area contributed by atoms with E-state index in [0.717, 1.165) is 5.56 Å². The van der Waals surface area contributed by atoms with Gasteiger partial charge in [-0.05, 0) is 30.2 Å². The predicted molar refractivity (Wildman–Crippen MR) is 78.6 cm³/mol. The minimum atomic E-state index is -0.136. The van der Waals surface area contributed by atoms with Crippen LogP contribution in [0.2, 0.25) is 0 Å². The van der Waals surface area contributed by atoms with Gasteiger partial charge in [0.25, 0.3) is 5.91 Å². The molecule has 20 heavy (non-hydrogen) atoms. The highest BCUT2D eigenvalue weighted by molar-refractivity contribution is 5.92. The van der Waals surface area contributed by atoms with E-state index >= 15 is 0 Å². The molecule has 1 N–H and O–H groups in total. The van der Waals surface area contributed by atoms with Gasteiger partial charge in [-0.1, -0.05) is 24.3 Å². The van der Waals surface area contributed by atoms with Crippen molar-refractivity contribution in [3.05, 3.63) is 53.2 Å². The van der Waals surface area contributed by atoms with Crippen molar-refractivity contribution in [1.82, 2.24) is 15.1 Å². The molecule has 0 aliphatic rings. The molecule has 0 saturated carbocycles. The fourth-order valence-corrected chi connectivity index (χ4v) is 1.89. The summed E-state index contributed by atoms with van der Waals surface area (Å²) in [5, 5.41) is 10.7. The Kier molecular flexibility index (Phi) is 4.30. The number of aryl methyl sites for hydroxylation is 1. The molecule has 0 aliphatic heterocycles. The first-order valence-electron chi connectivity index (χ1n) is 6.43. The Morgan fingerprint density at radius 3 is 2.55 bits per heavy atom. The van der Waals surface area contributed by atoms with Crippen LogP contribution in [0.15, 0.2) is 36.4 Å². The maximum atomic E-state index is 12.3. The largest absolute Gasteiger partial charge is 0.372 e. The van der Waals surface area contributed by atoms with Crippen LogP contribution in [-0.2, 0) is 6.54 Å². The van der Waals surface area contributed by atoms with Gasteiger partial charge in [-0.15, -0.1) is 10.2 Å². The van der Waals surface area contributed by atoms with Gasteiger partial charge >= 0.3 is 0 Å². The molecule has 2 rings (SSSR count). The van der Waals surface area contributed by atoms with Crippen LogP contribution >= 0.6 is 0 Å². The molecule has 5 nitrogen and oxygen atoms in total. The van der Waals surface area contributed by atoms with E-state index < -0.39 is 0 Å². The number of rotatable bonds is 4. The van der Waals surface area contributed by atoms with Crippen LogP contribution in [0, 0.1) is 6.92 Å². The lowest BCUT2D eigenvalue weighted by molar-refractivity contribution is 0.0778. The molecule has 0 spiro atoms. The average molecular weight is 270 g/mol. The van der Waals surface area contributed by atoms with E-state index in [-0.39, 0.29) is 5.91 Å². The topological polar surface area (TPSA) is 58.1 Å². The summed E-state index contributed by atoms with van der Waals surface area (Å²) in [6.07, 6.45) is 0. The lowest BCUT2D eigenvalue weighted by Gasteiger charge is -2.17. The molecule has 0 fully saturated rings. The van der Waals surface area contributed by atoms with Crippen molar-refractivity contribution in [2.45, 2.75) is 13.5 Å². The van der Waals surface area contributed by atoms with Crippen LogP contribution in [-0.4, -0.2) is 35.1 Å². The highest BCUT2D eigenvalue weighted by Gasteiger charge is 2.14. The Hall–Kier alpha value is -2.43. The first-order valence-corrected chi connectivity index (χ1v) is 6.43. The van der Waals surface area contributed by atoms with E-state index in [9.17, 15) is 4.79 Å². The van der Waals surface area contributed by atoms with E-state index in [0.29, 0.717) is 18.1 Å². The lowest BCUT2D eigenvalue weighted by atomic mass is 10.1. The maximum absolute atomic E-state index is 12.3. The summed E-state index contributed by atoms with van der Waals surface area (Å²) in [5.74, 6) is 0.506. The zero-order valence-electron chi connectivity index (χ0n) is 11.9. The quantitative estimate of drug-likeness (QED) is 0.924. The van der Waals surface area contributed by atoms with Crippen LogP contribution in [0.5, 0.6) is 0 Å². The summed E-state index contributed by atoms with van der Waals surface area (Å²) in [6, 6.07) is 11.4. The van der Waals surface area contributed by atoms with Gasteiger partial charge in [-0.2, -0.15) is 0 Å². The lowest BCUT2D eigenvalue weighted by Crippen LogP contribution is -2.27. The van der Waals surface area contributed by atoms with E-state index in [1.54, 1.807) is 31.1 Å². The molecule has 2 aromatic rings. The van der Waals surface area contributed by atoms with Crippen molar-refractivity contribution in [3.8, 4) is 0 Å². The molecule has 1 aromatic heterocycles. The second kappa shape index (κ2) is 6.14. The monoisotopic (exact) mass is 270 g/mol. The molecule has 0 atom stereocenters. The molecular formula is C15H18N4O. The summed E-state index contributed by atoms with van der Waals surface area (Å²) in [6.45, 7) is 2.59. The van der Waals surface area contributed by atoms with Gasteiger partial charge in [-0.3, -0.25) is 4.79 Å². The van der Waals surface area contributed by atoms with Crippen LogP contribution in [0.25, 0.3) is 0 Å². The smallest absolute Gasteiger partial charge is 0.274 e. The van der Waals surface area contributed by atoms with Gasteiger partial charge in [0, 0.05) is 20.6 Å². The van der Waals surface area contributed by atoms with Crippen molar-refractivity contribution < 1.29 is 4.79 Å². The average Bonchev–Trinajstić information content (AvgIpc) is 2.49. The zero-order chi connectivity index (χ0) is 14.5. The Balaban J connectivity index is 2.10. The second-order valence-corrected chi connectivity index (χ2v) is 4.64. The van der Waals surface area contributed by atoms with E-state index in [1.165, 1.54) is 5.56 Å². The Labute approximate surface area is 118 Å². The number of carbonyl (C=O) groups is 1. The van der Waals surface area contributed by atoms with Gasteiger partial charge in [0.1, 0.15) is 5.82 Å². The van der Waals surface area contributed by atoms with Gasteiger partial charge in [0.05, 0.1) is 0 Å². The number of hydrogen-bond donors (Lipinski definition) is 1. The highest BCUT2D eigenvalue weighted by atomic mass is 16.2. The fourth-order valence-electron chi connectivity index (χ4n) is 1.89. The third kappa shape index (κ3) is 3.12. The molecule has 0 saturated heterocycles. The summed E-state index contributed by atoms with van der Waals surface area (Å²) < 4.78 is 0. The Morgan fingerprint density at radius 2 is 1.95 bits per heavy atom. The standard InChI is InChI=1S/C15H18N4O/c1-11-6-4-5-7-12(11)10-19(3)15(20)13-8-9-14(16-2)18-17-13/h4-9H,10H2,1-3H3,(H,16,18). The number of anilines is 1. The first kappa shape index (κ1) is 14.0. The zero-order valence-corrected chi connectivity index (χ0v) is 11.9. The number of benzene rings is 1. The number of nitrogens with one attached hydrogen (secondary N) is 1. The molecule has 1 amide bonds. The van der Waals surface area contributed by atoms with Gasteiger partial charge < -0.3 is 10.2 Å². The summed E-state index contributed by atoms with van der Waals surface area (Å²) >= 11 is 0. The summed E-state index contributed by atoms with van der Waals surface area (Å²) in [4.78, 5) is 13.9. The number of amides is 1. The maximum Gasteiger partial charge on any atom is 0.274 e. The minimum absolute atomic E-state index is 0.136.